The molecule has 0 saturated carbocycles. The van der Waals surface area contributed by atoms with E-state index in [1.807, 2.05) is 16.7 Å². The average molecular weight is 433 g/mol. The first-order chi connectivity index (χ1) is 14.7. The van der Waals surface area contributed by atoms with E-state index in [2.05, 4.69) is 15.6 Å². The highest BCUT2D eigenvalue weighted by atomic mass is 19.4. The first-order valence-electron chi connectivity index (χ1n) is 9.94. The maximum absolute atomic E-state index is 12.7. The summed E-state index contributed by atoms with van der Waals surface area (Å²) in [5.74, 6) is 0.267. The quantitative estimate of drug-likeness (QED) is 0.776. The van der Waals surface area contributed by atoms with Crippen LogP contribution in [0.3, 0.4) is 0 Å². The summed E-state index contributed by atoms with van der Waals surface area (Å²) in [4.78, 5) is 31.9. The van der Waals surface area contributed by atoms with Crippen molar-refractivity contribution >= 4 is 29.0 Å². The van der Waals surface area contributed by atoms with E-state index in [0.717, 1.165) is 23.5 Å². The summed E-state index contributed by atoms with van der Waals surface area (Å²) in [5, 5.41) is 5.62. The summed E-state index contributed by atoms with van der Waals surface area (Å²) in [6.07, 6.45) is -3.26. The molecule has 2 aromatic rings. The first-order valence-corrected chi connectivity index (χ1v) is 9.94. The number of rotatable bonds is 4. The lowest BCUT2D eigenvalue weighted by atomic mass is 10.1. The molecule has 3 heterocycles. The van der Waals surface area contributed by atoms with E-state index in [4.69, 9.17) is 0 Å². The van der Waals surface area contributed by atoms with Gasteiger partial charge in [0.15, 0.2) is 0 Å². The van der Waals surface area contributed by atoms with Crippen LogP contribution in [0.2, 0.25) is 0 Å². The summed E-state index contributed by atoms with van der Waals surface area (Å²) >= 11 is 0. The molecule has 7 nitrogen and oxygen atoms in total. The number of pyridine rings is 1. The Morgan fingerprint density at radius 1 is 1.26 bits per heavy atom. The Hall–Kier alpha value is -3.14. The monoisotopic (exact) mass is 433 g/mol. The fourth-order valence-corrected chi connectivity index (χ4v) is 3.87. The molecule has 0 spiro atoms. The number of alkyl halides is 3. The summed E-state index contributed by atoms with van der Waals surface area (Å²) in [6, 6.07) is 7.75. The number of carbonyl (C=O) groups is 2. The maximum Gasteiger partial charge on any atom is 0.417 e. The molecule has 31 heavy (non-hydrogen) atoms. The normalized spacial score (nSPS) is 19.2. The summed E-state index contributed by atoms with van der Waals surface area (Å²) in [6.45, 7) is 3.86. The lowest BCUT2D eigenvalue weighted by Gasteiger charge is -2.40. The summed E-state index contributed by atoms with van der Waals surface area (Å²) in [7, 11) is 0. The van der Waals surface area contributed by atoms with Crippen LogP contribution in [0.15, 0.2) is 36.5 Å². The van der Waals surface area contributed by atoms with Gasteiger partial charge in [0.05, 0.1) is 18.5 Å². The van der Waals surface area contributed by atoms with E-state index >= 15 is 0 Å². The summed E-state index contributed by atoms with van der Waals surface area (Å²) < 4.78 is 38.2. The highest BCUT2D eigenvalue weighted by Gasteiger charge is 2.31. The molecule has 0 aliphatic carbocycles. The maximum atomic E-state index is 12.7. The van der Waals surface area contributed by atoms with E-state index in [1.165, 1.54) is 6.07 Å². The Balaban J connectivity index is 1.31. The Bertz CT molecular complexity index is 993. The molecule has 2 N–H and O–H groups in total. The highest BCUT2D eigenvalue weighted by Crippen LogP contribution is 2.30. The van der Waals surface area contributed by atoms with Gasteiger partial charge >= 0.3 is 6.18 Å². The van der Waals surface area contributed by atoms with Crippen molar-refractivity contribution < 1.29 is 22.8 Å². The topological polar surface area (TPSA) is 77.6 Å². The number of nitrogens with zero attached hydrogens (tertiary/aromatic N) is 3. The molecule has 10 heteroatoms. The lowest BCUT2D eigenvalue weighted by molar-refractivity contribution is -0.137. The van der Waals surface area contributed by atoms with Crippen molar-refractivity contribution in [3.8, 4) is 0 Å². The number of benzene rings is 1. The number of fused-ring (bicyclic) bond motifs is 1. The Morgan fingerprint density at radius 3 is 2.74 bits per heavy atom. The number of anilines is 3. The van der Waals surface area contributed by atoms with Gasteiger partial charge in [-0.3, -0.25) is 14.5 Å². The van der Waals surface area contributed by atoms with Crippen LogP contribution in [0.25, 0.3) is 0 Å². The van der Waals surface area contributed by atoms with Gasteiger partial charge in [0.1, 0.15) is 5.82 Å². The van der Waals surface area contributed by atoms with Crippen LogP contribution in [-0.4, -0.2) is 53.9 Å². The second-order valence-corrected chi connectivity index (χ2v) is 7.81. The molecule has 4 rings (SSSR count). The minimum absolute atomic E-state index is 0.0189. The number of hydrogen-bond acceptors (Lipinski definition) is 5. The number of amides is 2. The van der Waals surface area contributed by atoms with Crippen LogP contribution in [0, 0.1) is 0 Å². The molecule has 1 atom stereocenters. The molecule has 0 unspecified atom stereocenters. The van der Waals surface area contributed by atoms with Crippen molar-refractivity contribution in [3.63, 3.8) is 0 Å². The highest BCUT2D eigenvalue weighted by molar-refractivity contribution is 6.00. The predicted octanol–water partition coefficient (Wildman–Crippen LogP) is 2.74. The fraction of sp³-hybridized carbons (Fsp3) is 0.381. The fourth-order valence-electron chi connectivity index (χ4n) is 3.87. The Labute approximate surface area is 177 Å². The SMILES string of the molecule is C[C@@H]1CN(c2ccc(C(F)(F)F)cn2)CCN1CC(=O)Nc1ccc2c(c1)CC(=O)N2. The van der Waals surface area contributed by atoms with Gasteiger partial charge in [-0.15, -0.1) is 0 Å². The molecule has 1 aromatic heterocycles. The molecule has 1 saturated heterocycles. The van der Waals surface area contributed by atoms with Gasteiger partial charge in [0.2, 0.25) is 11.8 Å². The third-order valence-corrected chi connectivity index (χ3v) is 5.53. The Kier molecular flexibility index (Phi) is 5.57. The number of halogens is 3. The van der Waals surface area contributed by atoms with Gasteiger partial charge in [-0.25, -0.2) is 4.98 Å². The molecular formula is C21H22F3N5O2. The molecule has 2 amide bonds. The third kappa shape index (κ3) is 4.79. The van der Waals surface area contributed by atoms with Gasteiger partial charge in [0.25, 0.3) is 0 Å². The lowest BCUT2D eigenvalue weighted by Crippen LogP contribution is -2.54. The Morgan fingerprint density at radius 2 is 2.06 bits per heavy atom. The standard InChI is InChI=1S/C21H22F3N5O2/c1-13-11-29(18-5-2-15(10-25-18)21(22,23)24)7-6-28(13)12-20(31)26-16-3-4-17-14(8-16)9-19(30)27-17/h2-5,8,10,13H,6-7,9,11-12H2,1H3,(H,26,31)(H,27,30)/t13-/m1/s1. The van der Waals surface area contributed by atoms with Crippen molar-refractivity contribution in [1.82, 2.24) is 9.88 Å². The first kappa shape index (κ1) is 21.1. The van der Waals surface area contributed by atoms with E-state index in [1.54, 1.807) is 18.2 Å². The van der Waals surface area contributed by atoms with Gasteiger partial charge in [0, 0.05) is 43.2 Å². The molecular weight excluding hydrogens is 411 g/mol. The number of piperazine rings is 1. The van der Waals surface area contributed by atoms with Crippen LogP contribution in [0.1, 0.15) is 18.1 Å². The minimum atomic E-state index is -4.41. The molecule has 1 fully saturated rings. The number of aromatic nitrogens is 1. The summed E-state index contributed by atoms with van der Waals surface area (Å²) in [5.41, 5.74) is 1.49. The third-order valence-electron chi connectivity index (χ3n) is 5.53. The molecule has 0 radical (unpaired) electrons. The van der Waals surface area contributed by atoms with Crippen LogP contribution < -0.4 is 15.5 Å². The zero-order valence-electron chi connectivity index (χ0n) is 16.9. The zero-order chi connectivity index (χ0) is 22.2. The number of hydrogen-bond donors (Lipinski definition) is 2. The minimum Gasteiger partial charge on any atom is -0.354 e. The smallest absolute Gasteiger partial charge is 0.354 e. The van der Waals surface area contributed by atoms with E-state index < -0.39 is 11.7 Å². The van der Waals surface area contributed by atoms with Gasteiger partial charge in [-0.1, -0.05) is 0 Å². The second-order valence-electron chi connectivity index (χ2n) is 7.81. The van der Waals surface area contributed by atoms with Crippen molar-refractivity contribution in [2.24, 2.45) is 0 Å². The number of nitrogens with one attached hydrogen (secondary N) is 2. The molecule has 0 bridgehead atoms. The van der Waals surface area contributed by atoms with Crippen molar-refractivity contribution in [2.45, 2.75) is 25.6 Å². The zero-order valence-corrected chi connectivity index (χ0v) is 16.9. The van der Waals surface area contributed by atoms with Crippen molar-refractivity contribution in [1.29, 1.82) is 0 Å². The van der Waals surface area contributed by atoms with Crippen LogP contribution in [0.4, 0.5) is 30.4 Å². The molecule has 2 aliphatic heterocycles. The van der Waals surface area contributed by atoms with Crippen LogP contribution in [-0.2, 0) is 22.2 Å². The average Bonchev–Trinajstić information content (AvgIpc) is 3.08. The molecule has 2 aliphatic rings. The van der Waals surface area contributed by atoms with Gasteiger partial charge in [-0.2, -0.15) is 13.2 Å². The number of carbonyl (C=O) groups excluding carboxylic acids is 2. The van der Waals surface area contributed by atoms with E-state index in [9.17, 15) is 22.8 Å². The second kappa shape index (κ2) is 8.18. The van der Waals surface area contributed by atoms with Gasteiger partial charge in [-0.05, 0) is 42.8 Å². The van der Waals surface area contributed by atoms with E-state index in [0.29, 0.717) is 37.6 Å². The van der Waals surface area contributed by atoms with Crippen LogP contribution >= 0.6 is 0 Å². The van der Waals surface area contributed by atoms with Crippen LogP contribution in [0.5, 0.6) is 0 Å². The predicted molar refractivity (Wildman–Crippen MR) is 110 cm³/mol. The largest absolute Gasteiger partial charge is 0.417 e. The van der Waals surface area contributed by atoms with Crippen molar-refractivity contribution in [3.05, 3.63) is 47.7 Å². The molecule has 1 aromatic carbocycles. The van der Waals surface area contributed by atoms with Crippen molar-refractivity contribution in [2.75, 3.05) is 41.7 Å². The molecule has 164 valence electrons. The van der Waals surface area contributed by atoms with E-state index in [-0.39, 0.29) is 24.4 Å². The van der Waals surface area contributed by atoms with Gasteiger partial charge < -0.3 is 15.5 Å².